The molecule has 13 heavy (non-hydrogen) atoms. The maximum atomic E-state index is 10.9. The van der Waals surface area contributed by atoms with Crippen molar-refractivity contribution in [2.24, 2.45) is 5.73 Å². The summed E-state index contributed by atoms with van der Waals surface area (Å²) < 4.78 is 1.16. The van der Waals surface area contributed by atoms with E-state index in [0.717, 1.165) is 4.73 Å². The summed E-state index contributed by atoms with van der Waals surface area (Å²) in [5, 5.41) is 9.09. The molecule has 0 saturated carbocycles. The molecule has 0 aliphatic rings. The highest BCUT2D eigenvalue weighted by atomic mass is 16.7. The van der Waals surface area contributed by atoms with Crippen molar-refractivity contribution in [2.45, 2.75) is 0 Å². The number of carbonyl (C=O) groups is 1. The summed E-state index contributed by atoms with van der Waals surface area (Å²) in [6.45, 7) is -0.145. The Hall–Kier alpha value is -2.05. The van der Waals surface area contributed by atoms with E-state index in [1.165, 1.54) is 18.7 Å². The summed E-state index contributed by atoms with van der Waals surface area (Å²) in [4.78, 5) is 19.3. The van der Waals surface area contributed by atoms with Crippen LogP contribution in [-0.2, 0) is 4.79 Å². The Morgan fingerprint density at radius 1 is 1.77 bits per heavy atom. The maximum absolute atomic E-state index is 10.9. The number of carbonyl (C=O) groups excluding carboxylic acids is 1. The first-order valence-corrected chi connectivity index (χ1v) is 3.45. The van der Waals surface area contributed by atoms with E-state index in [2.05, 4.69) is 10.3 Å². The van der Waals surface area contributed by atoms with Crippen LogP contribution in [0, 0.1) is 5.41 Å². The Kier molecular flexibility index (Phi) is 2.85. The first-order chi connectivity index (χ1) is 6.18. The van der Waals surface area contributed by atoms with Crippen LogP contribution < -0.4 is 15.9 Å². The lowest BCUT2D eigenvalue weighted by Gasteiger charge is -2.03. The van der Waals surface area contributed by atoms with Crippen molar-refractivity contribution in [2.75, 3.05) is 6.54 Å². The summed E-state index contributed by atoms with van der Waals surface area (Å²) in [7, 11) is 0. The molecule has 0 aromatic carbocycles. The zero-order valence-electron chi connectivity index (χ0n) is 6.73. The van der Waals surface area contributed by atoms with Crippen LogP contribution in [0.1, 0.15) is 0 Å². The highest BCUT2D eigenvalue weighted by molar-refractivity contribution is 5.81. The number of nitrogens with one attached hydrogen (secondary N) is 2. The number of aromatic nitrogens is 2. The van der Waals surface area contributed by atoms with Crippen LogP contribution in [0.2, 0.25) is 0 Å². The molecule has 0 fully saturated rings. The van der Waals surface area contributed by atoms with E-state index in [9.17, 15) is 4.79 Å². The van der Waals surface area contributed by atoms with Gasteiger partial charge in [0.2, 0.25) is 0 Å². The van der Waals surface area contributed by atoms with Crippen molar-refractivity contribution in [1.82, 2.24) is 15.0 Å². The fourth-order valence-corrected chi connectivity index (χ4v) is 0.618. The normalized spacial score (nSPS) is 9.23. The monoisotopic (exact) mass is 183 g/mol. The molecule has 7 heteroatoms. The van der Waals surface area contributed by atoms with Gasteiger partial charge in [0.25, 0.3) is 0 Å². The first-order valence-electron chi connectivity index (χ1n) is 3.45. The Morgan fingerprint density at radius 3 is 3.08 bits per heavy atom. The van der Waals surface area contributed by atoms with Gasteiger partial charge in [0.05, 0.1) is 6.20 Å². The Labute approximate surface area is 74.0 Å². The average Bonchev–Trinajstić information content (AvgIpc) is 2.53. The van der Waals surface area contributed by atoms with Crippen LogP contribution in [-0.4, -0.2) is 28.2 Å². The molecular weight excluding hydrogens is 174 g/mol. The van der Waals surface area contributed by atoms with Crippen molar-refractivity contribution >= 4 is 11.9 Å². The number of nitrogens with zero attached hydrogens (tertiary/aromatic N) is 2. The van der Waals surface area contributed by atoms with Gasteiger partial charge in [-0.25, -0.2) is 9.78 Å². The van der Waals surface area contributed by atoms with Crippen molar-refractivity contribution in [3.05, 3.63) is 18.7 Å². The molecule has 4 N–H and O–H groups in total. The van der Waals surface area contributed by atoms with Gasteiger partial charge >= 0.3 is 5.97 Å². The lowest BCUT2D eigenvalue weighted by molar-refractivity contribution is -0.142. The lowest BCUT2D eigenvalue weighted by atomic mass is 10.6. The van der Waals surface area contributed by atoms with Gasteiger partial charge in [-0.05, 0) is 0 Å². The molecule has 0 bridgehead atoms. The zero-order valence-corrected chi connectivity index (χ0v) is 6.73. The van der Waals surface area contributed by atoms with E-state index in [0.29, 0.717) is 0 Å². The number of guanidine groups is 1. The topological polar surface area (TPSA) is 106 Å². The Balaban J connectivity index is 2.30. The second-order valence-electron chi connectivity index (χ2n) is 2.15. The quantitative estimate of drug-likeness (QED) is 0.383. The second kappa shape index (κ2) is 4.10. The minimum atomic E-state index is -0.548. The van der Waals surface area contributed by atoms with Gasteiger partial charge in [0.15, 0.2) is 5.96 Å². The van der Waals surface area contributed by atoms with Gasteiger partial charge < -0.3 is 15.9 Å². The average molecular weight is 183 g/mol. The van der Waals surface area contributed by atoms with Gasteiger partial charge in [-0.3, -0.25) is 5.41 Å². The molecule has 0 radical (unpaired) electrons. The summed E-state index contributed by atoms with van der Waals surface area (Å²) >= 11 is 0. The molecule has 1 rings (SSSR count). The molecule has 1 aromatic heterocycles. The minimum Gasteiger partial charge on any atom is -0.370 e. The van der Waals surface area contributed by atoms with E-state index < -0.39 is 5.97 Å². The van der Waals surface area contributed by atoms with Gasteiger partial charge in [0, 0.05) is 6.20 Å². The van der Waals surface area contributed by atoms with E-state index in [4.69, 9.17) is 16.0 Å². The van der Waals surface area contributed by atoms with Crippen LogP contribution in [0.25, 0.3) is 0 Å². The number of hydrogen-bond acceptors (Lipinski definition) is 4. The third-order valence-electron chi connectivity index (χ3n) is 1.11. The molecule has 7 nitrogen and oxygen atoms in total. The van der Waals surface area contributed by atoms with Crippen LogP contribution in [0.15, 0.2) is 18.7 Å². The third-order valence-corrected chi connectivity index (χ3v) is 1.11. The zero-order chi connectivity index (χ0) is 9.68. The van der Waals surface area contributed by atoms with E-state index in [-0.39, 0.29) is 12.5 Å². The maximum Gasteiger partial charge on any atom is 0.351 e. The predicted molar refractivity (Wildman–Crippen MR) is 43.7 cm³/mol. The van der Waals surface area contributed by atoms with Crippen LogP contribution in [0.3, 0.4) is 0 Å². The molecule has 70 valence electrons. The van der Waals surface area contributed by atoms with Crippen LogP contribution >= 0.6 is 0 Å². The summed E-state index contributed by atoms with van der Waals surface area (Å²) in [6, 6.07) is 0. The number of hydrogen-bond donors (Lipinski definition) is 3. The van der Waals surface area contributed by atoms with Gasteiger partial charge in [-0.2, -0.15) is 4.73 Å². The molecule has 1 heterocycles. The van der Waals surface area contributed by atoms with Crippen LogP contribution in [0.5, 0.6) is 0 Å². The largest absolute Gasteiger partial charge is 0.370 e. The van der Waals surface area contributed by atoms with Gasteiger partial charge in [-0.1, -0.05) is 0 Å². The standard InChI is InChI=1S/C6H9N5O2/c7-6(8)10-3-5(12)13-11-2-1-9-4-11/h1-2,4H,3H2,(H4,7,8,10). The predicted octanol–water partition coefficient (Wildman–Crippen LogP) is -1.68. The van der Waals surface area contributed by atoms with Crippen molar-refractivity contribution < 1.29 is 9.63 Å². The fraction of sp³-hybridized carbons (Fsp3) is 0.167. The Morgan fingerprint density at radius 2 is 2.54 bits per heavy atom. The Bertz CT molecular complexity index is 294. The van der Waals surface area contributed by atoms with Crippen LogP contribution in [0.4, 0.5) is 0 Å². The lowest BCUT2D eigenvalue weighted by Crippen LogP contribution is -2.37. The molecule has 0 atom stereocenters. The van der Waals surface area contributed by atoms with E-state index >= 15 is 0 Å². The van der Waals surface area contributed by atoms with Crippen molar-refractivity contribution in [1.29, 1.82) is 5.41 Å². The number of rotatable bonds is 3. The molecule has 0 aliphatic carbocycles. The molecule has 0 saturated heterocycles. The van der Waals surface area contributed by atoms with Crippen molar-refractivity contribution in [3.8, 4) is 0 Å². The SMILES string of the molecule is N=C(N)NCC(=O)On1ccnc1. The van der Waals surface area contributed by atoms with Gasteiger partial charge in [-0.15, -0.1) is 0 Å². The molecule has 0 unspecified atom stereocenters. The summed E-state index contributed by atoms with van der Waals surface area (Å²) in [5.41, 5.74) is 4.96. The summed E-state index contributed by atoms with van der Waals surface area (Å²) in [5.74, 6) is -0.823. The van der Waals surface area contributed by atoms with E-state index in [1.54, 1.807) is 0 Å². The van der Waals surface area contributed by atoms with Crippen molar-refractivity contribution in [3.63, 3.8) is 0 Å². The van der Waals surface area contributed by atoms with Gasteiger partial charge in [0.1, 0.15) is 12.9 Å². The molecule has 0 aliphatic heterocycles. The molecule has 1 aromatic rings. The first kappa shape index (κ1) is 9.04. The molecule has 0 spiro atoms. The fourth-order valence-electron chi connectivity index (χ4n) is 0.618. The number of imidazole rings is 1. The highest BCUT2D eigenvalue weighted by Gasteiger charge is 2.03. The second-order valence-corrected chi connectivity index (χ2v) is 2.15. The third kappa shape index (κ3) is 3.23. The summed E-state index contributed by atoms with van der Waals surface area (Å²) in [6.07, 6.45) is 4.29. The minimum absolute atomic E-state index is 0.145. The highest BCUT2D eigenvalue weighted by Crippen LogP contribution is 1.80. The smallest absolute Gasteiger partial charge is 0.351 e. The van der Waals surface area contributed by atoms with E-state index in [1.807, 2.05) is 0 Å². The molecule has 0 amide bonds. The number of nitrogens with two attached hydrogens (primary N) is 1. The molecular formula is C6H9N5O2.